The van der Waals surface area contributed by atoms with Gasteiger partial charge in [-0.1, -0.05) is 31.2 Å². The van der Waals surface area contributed by atoms with E-state index in [-0.39, 0.29) is 34.4 Å². The summed E-state index contributed by atoms with van der Waals surface area (Å²) in [5, 5.41) is 0. The molecule has 1 aromatic carbocycles. The van der Waals surface area contributed by atoms with Crippen LogP contribution in [0.15, 0.2) is 41.3 Å². The van der Waals surface area contributed by atoms with Crippen molar-refractivity contribution in [1.29, 1.82) is 0 Å². The van der Waals surface area contributed by atoms with Crippen LogP contribution in [0.2, 0.25) is 0 Å². The maximum atomic E-state index is 13.4. The van der Waals surface area contributed by atoms with Gasteiger partial charge in [-0.25, -0.2) is 0 Å². The number of ketones is 1. The molecule has 0 N–H and O–H groups in total. The summed E-state index contributed by atoms with van der Waals surface area (Å²) in [6.07, 6.45) is 4.36. The second kappa shape index (κ2) is 8.02. The zero-order chi connectivity index (χ0) is 24.5. The van der Waals surface area contributed by atoms with Gasteiger partial charge in [-0.2, -0.15) is 8.42 Å². The van der Waals surface area contributed by atoms with Crippen LogP contribution in [0.4, 0.5) is 0 Å². The number of allylic oxidation sites excluding steroid dienone is 1. The Morgan fingerprint density at radius 3 is 2.50 bits per heavy atom. The van der Waals surface area contributed by atoms with E-state index in [2.05, 4.69) is 13.5 Å². The minimum Gasteiger partial charge on any atom is -0.469 e. The van der Waals surface area contributed by atoms with Gasteiger partial charge in [-0.05, 0) is 92.7 Å². The number of methoxy groups -OCH3 is 1. The van der Waals surface area contributed by atoms with Gasteiger partial charge in [0.15, 0.2) is 5.78 Å². The summed E-state index contributed by atoms with van der Waals surface area (Å²) in [5.74, 6) is -0.179. The van der Waals surface area contributed by atoms with E-state index in [0.717, 1.165) is 43.2 Å². The molecule has 2 bridgehead atoms. The molecule has 1 aromatic rings. The molecule has 4 saturated carbocycles. The smallest absolute Gasteiger partial charge is 0.309 e. The second-order valence-electron chi connectivity index (χ2n) is 11.2. The minimum absolute atomic E-state index is 0.0377. The van der Waals surface area contributed by atoms with E-state index in [4.69, 9.17) is 8.92 Å². The standard InChI is InChI=1S/C27H34O6S/c1-16-5-8-20(9-6-16)34(30,31)33-19-13-21(25(29)32-4)22-11-12-27-14-18(17(2)24(27)28)7-10-23(27)26(22,3)15-19/h5-6,8-9,18-19,21-23H,2,7,10-15H2,1,3-4H3/t18-,19-,21-,22?,23+,26-,27-/m1/s1. The first-order valence-electron chi connectivity index (χ1n) is 12.3. The van der Waals surface area contributed by atoms with Gasteiger partial charge in [0.25, 0.3) is 10.1 Å². The van der Waals surface area contributed by atoms with Crippen LogP contribution in [0.25, 0.3) is 0 Å². The number of hydrogen-bond donors (Lipinski definition) is 0. The maximum Gasteiger partial charge on any atom is 0.309 e. The van der Waals surface area contributed by atoms with Crippen LogP contribution in [0.3, 0.4) is 0 Å². The minimum atomic E-state index is -3.99. The highest BCUT2D eigenvalue weighted by Crippen LogP contribution is 2.69. The third kappa shape index (κ3) is 3.41. The molecule has 0 aromatic heterocycles. The van der Waals surface area contributed by atoms with Gasteiger partial charge in [-0.3, -0.25) is 13.8 Å². The molecule has 4 aliphatic rings. The monoisotopic (exact) mass is 486 g/mol. The number of ether oxygens (including phenoxy) is 1. The van der Waals surface area contributed by atoms with Gasteiger partial charge >= 0.3 is 5.97 Å². The summed E-state index contributed by atoms with van der Waals surface area (Å²) in [6.45, 7) is 8.17. The van der Waals surface area contributed by atoms with Crippen molar-refractivity contribution in [1.82, 2.24) is 0 Å². The number of fused-ring (bicyclic) bond motifs is 3. The zero-order valence-electron chi connectivity index (χ0n) is 20.2. The summed E-state index contributed by atoms with van der Waals surface area (Å²) in [4.78, 5) is 26.5. The number of esters is 1. The van der Waals surface area contributed by atoms with Crippen LogP contribution in [0.1, 0.15) is 57.4 Å². The lowest BCUT2D eigenvalue weighted by Gasteiger charge is -2.61. The van der Waals surface area contributed by atoms with Gasteiger partial charge in [0.1, 0.15) is 0 Å². The van der Waals surface area contributed by atoms with Crippen molar-refractivity contribution < 1.29 is 26.9 Å². The van der Waals surface area contributed by atoms with E-state index in [1.165, 1.54) is 7.11 Å². The van der Waals surface area contributed by atoms with Crippen molar-refractivity contribution in [3.8, 4) is 0 Å². The van der Waals surface area contributed by atoms with Crippen LogP contribution >= 0.6 is 0 Å². The molecule has 4 aliphatic carbocycles. The predicted octanol–water partition coefficient (Wildman–Crippen LogP) is 4.61. The van der Waals surface area contributed by atoms with E-state index in [1.54, 1.807) is 24.3 Å². The Morgan fingerprint density at radius 2 is 1.82 bits per heavy atom. The molecule has 5 rings (SSSR count). The Balaban J connectivity index is 1.50. The van der Waals surface area contributed by atoms with Crippen molar-refractivity contribution in [2.45, 2.75) is 69.8 Å². The number of benzene rings is 1. The summed E-state index contributed by atoms with van der Waals surface area (Å²) < 4.78 is 37.2. The average molecular weight is 487 g/mol. The van der Waals surface area contributed by atoms with Crippen LogP contribution in [0.5, 0.6) is 0 Å². The normalized spacial score (nSPS) is 39.3. The Kier molecular flexibility index (Phi) is 5.60. The molecule has 4 fully saturated rings. The van der Waals surface area contributed by atoms with Crippen molar-refractivity contribution >= 4 is 21.9 Å². The van der Waals surface area contributed by atoms with Crippen LogP contribution in [-0.4, -0.2) is 33.4 Å². The third-order valence-corrected chi connectivity index (χ3v) is 11.0. The summed E-state index contributed by atoms with van der Waals surface area (Å²) in [7, 11) is -2.61. The fourth-order valence-corrected chi connectivity index (χ4v) is 9.22. The van der Waals surface area contributed by atoms with Gasteiger partial charge in [-0.15, -0.1) is 0 Å². The van der Waals surface area contributed by atoms with Gasteiger partial charge in [0.05, 0.1) is 24.0 Å². The third-order valence-electron chi connectivity index (χ3n) is 9.61. The molecule has 34 heavy (non-hydrogen) atoms. The number of aryl methyl sites for hydroxylation is 1. The van der Waals surface area contributed by atoms with Crippen LogP contribution in [0, 0.1) is 41.4 Å². The quantitative estimate of drug-likeness (QED) is 0.351. The second-order valence-corrected chi connectivity index (χ2v) is 12.8. The summed E-state index contributed by atoms with van der Waals surface area (Å²) in [5.41, 5.74) is 0.904. The van der Waals surface area contributed by atoms with Gasteiger partial charge < -0.3 is 4.74 Å². The van der Waals surface area contributed by atoms with E-state index in [1.807, 2.05) is 6.92 Å². The first-order chi connectivity index (χ1) is 16.0. The van der Waals surface area contributed by atoms with E-state index in [0.29, 0.717) is 12.8 Å². The summed E-state index contributed by atoms with van der Waals surface area (Å²) in [6, 6.07) is 6.59. The van der Waals surface area contributed by atoms with E-state index in [9.17, 15) is 18.0 Å². The van der Waals surface area contributed by atoms with Crippen LogP contribution in [-0.2, 0) is 28.6 Å². The zero-order valence-corrected chi connectivity index (χ0v) is 21.0. The molecule has 7 heteroatoms. The van der Waals surface area contributed by atoms with E-state index < -0.39 is 33.0 Å². The number of carbonyl (C=O) groups is 2. The van der Waals surface area contributed by atoms with E-state index >= 15 is 0 Å². The number of carbonyl (C=O) groups excluding carboxylic acids is 2. The molecule has 6 nitrogen and oxygen atoms in total. The number of rotatable bonds is 4. The lowest BCUT2D eigenvalue weighted by molar-refractivity contribution is -0.176. The number of hydrogen-bond acceptors (Lipinski definition) is 6. The molecule has 0 saturated heterocycles. The predicted molar refractivity (Wildman–Crippen MR) is 126 cm³/mol. The highest BCUT2D eigenvalue weighted by Gasteiger charge is 2.67. The maximum absolute atomic E-state index is 13.4. The lowest BCUT2D eigenvalue weighted by atomic mass is 9.43. The Bertz CT molecular complexity index is 1140. The largest absolute Gasteiger partial charge is 0.469 e. The Labute approximate surface area is 202 Å². The molecule has 0 heterocycles. The fraction of sp³-hybridized carbons (Fsp3) is 0.630. The number of Topliss-reactive ketones (excluding diaryl/α,β-unsaturated/α-hetero) is 1. The van der Waals surface area contributed by atoms with Crippen molar-refractivity contribution in [3.05, 3.63) is 42.0 Å². The van der Waals surface area contributed by atoms with Crippen molar-refractivity contribution in [2.24, 2.45) is 34.5 Å². The molecule has 184 valence electrons. The first kappa shape index (κ1) is 23.7. The fourth-order valence-electron chi connectivity index (χ4n) is 8.13. The molecule has 7 atom stereocenters. The molecular weight excluding hydrogens is 452 g/mol. The molecule has 0 radical (unpaired) electrons. The van der Waals surface area contributed by atoms with Gasteiger partial charge in [0.2, 0.25) is 0 Å². The Morgan fingerprint density at radius 1 is 1.12 bits per heavy atom. The topological polar surface area (TPSA) is 86.7 Å². The van der Waals surface area contributed by atoms with Crippen molar-refractivity contribution in [2.75, 3.05) is 7.11 Å². The van der Waals surface area contributed by atoms with Crippen molar-refractivity contribution in [3.63, 3.8) is 0 Å². The highest BCUT2D eigenvalue weighted by atomic mass is 32.2. The molecule has 1 unspecified atom stereocenters. The van der Waals surface area contributed by atoms with Gasteiger partial charge in [0, 0.05) is 5.41 Å². The molecule has 0 amide bonds. The summed E-state index contributed by atoms with van der Waals surface area (Å²) >= 11 is 0. The SMILES string of the molecule is C=C1C(=O)[C@@]23CCC4[C@H](C(=O)OC)C[C@@H](OS(=O)(=O)c5ccc(C)cc5)C[C@@]4(C)[C@@H]2CC[C@@H]1C3. The average Bonchev–Trinajstić information content (AvgIpc) is 2.97. The molecule has 0 aliphatic heterocycles. The first-order valence-corrected chi connectivity index (χ1v) is 13.7. The molecular formula is C27H34O6S. The Hall–Kier alpha value is -1.99. The lowest BCUT2D eigenvalue weighted by Crippen LogP contribution is -2.59. The van der Waals surface area contributed by atoms with Crippen LogP contribution < -0.4 is 0 Å². The highest BCUT2D eigenvalue weighted by molar-refractivity contribution is 7.86. The molecule has 1 spiro atoms.